The maximum atomic E-state index is 4.35. The third kappa shape index (κ3) is 2.96. The van der Waals surface area contributed by atoms with E-state index in [0.717, 1.165) is 18.9 Å². The standard InChI is InChI=1S/C13H22N4/c1-14-13-11(5-4-7-15-13)9-17-8-6-12(10-17)16(2)3/h4-5,7,12H,6,8-10H2,1-3H3,(H,14,15). The number of anilines is 1. The number of rotatable bonds is 4. The summed E-state index contributed by atoms with van der Waals surface area (Å²) in [5, 5.41) is 3.16. The third-order valence-electron chi connectivity index (χ3n) is 3.50. The number of likely N-dealkylation sites (tertiary alicyclic amines) is 1. The Morgan fingerprint density at radius 1 is 1.53 bits per heavy atom. The van der Waals surface area contributed by atoms with Gasteiger partial charge in [0.05, 0.1) is 0 Å². The van der Waals surface area contributed by atoms with E-state index in [2.05, 4.69) is 40.3 Å². The fourth-order valence-corrected chi connectivity index (χ4v) is 2.41. The Morgan fingerprint density at radius 2 is 2.35 bits per heavy atom. The van der Waals surface area contributed by atoms with Gasteiger partial charge in [-0.15, -0.1) is 0 Å². The molecule has 0 spiro atoms. The van der Waals surface area contributed by atoms with Crippen LogP contribution in [0, 0.1) is 0 Å². The zero-order valence-electron chi connectivity index (χ0n) is 11.0. The SMILES string of the molecule is CNc1ncccc1CN1CCC(N(C)C)C1. The van der Waals surface area contributed by atoms with Crippen LogP contribution in [0.15, 0.2) is 18.3 Å². The van der Waals surface area contributed by atoms with E-state index in [1.807, 2.05) is 19.3 Å². The van der Waals surface area contributed by atoms with Crippen LogP contribution in [-0.2, 0) is 6.54 Å². The van der Waals surface area contributed by atoms with Crippen LogP contribution in [0.25, 0.3) is 0 Å². The van der Waals surface area contributed by atoms with Crippen LogP contribution in [0.4, 0.5) is 5.82 Å². The van der Waals surface area contributed by atoms with Gasteiger partial charge in [0, 0.05) is 44.5 Å². The Labute approximate surface area is 104 Å². The van der Waals surface area contributed by atoms with Gasteiger partial charge in [-0.05, 0) is 26.6 Å². The quantitative estimate of drug-likeness (QED) is 0.850. The first-order chi connectivity index (χ1) is 8.20. The fourth-order valence-electron chi connectivity index (χ4n) is 2.41. The van der Waals surface area contributed by atoms with Crippen molar-refractivity contribution < 1.29 is 0 Å². The zero-order chi connectivity index (χ0) is 12.3. The molecule has 2 rings (SSSR count). The molecule has 0 bridgehead atoms. The van der Waals surface area contributed by atoms with E-state index < -0.39 is 0 Å². The fraction of sp³-hybridized carbons (Fsp3) is 0.615. The molecular formula is C13H22N4. The van der Waals surface area contributed by atoms with Crippen molar-refractivity contribution in [3.05, 3.63) is 23.9 Å². The van der Waals surface area contributed by atoms with E-state index in [1.165, 1.54) is 18.5 Å². The van der Waals surface area contributed by atoms with Crippen molar-refractivity contribution in [2.24, 2.45) is 0 Å². The Bertz CT molecular complexity index is 364. The van der Waals surface area contributed by atoms with Gasteiger partial charge in [0.2, 0.25) is 0 Å². The number of pyridine rings is 1. The number of hydrogen-bond donors (Lipinski definition) is 1. The van der Waals surface area contributed by atoms with Gasteiger partial charge >= 0.3 is 0 Å². The second kappa shape index (κ2) is 5.47. The predicted molar refractivity (Wildman–Crippen MR) is 71.2 cm³/mol. The van der Waals surface area contributed by atoms with E-state index in [9.17, 15) is 0 Å². The molecule has 0 radical (unpaired) electrons. The lowest BCUT2D eigenvalue weighted by Gasteiger charge is -2.21. The average Bonchev–Trinajstić information content (AvgIpc) is 2.78. The van der Waals surface area contributed by atoms with Crippen molar-refractivity contribution >= 4 is 5.82 Å². The van der Waals surface area contributed by atoms with Crippen molar-refractivity contribution in [1.82, 2.24) is 14.8 Å². The molecule has 1 N–H and O–H groups in total. The highest BCUT2D eigenvalue weighted by atomic mass is 15.2. The van der Waals surface area contributed by atoms with Crippen LogP contribution < -0.4 is 5.32 Å². The van der Waals surface area contributed by atoms with Crippen LogP contribution in [-0.4, -0.2) is 55.1 Å². The summed E-state index contributed by atoms with van der Waals surface area (Å²) >= 11 is 0. The summed E-state index contributed by atoms with van der Waals surface area (Å²) in [6, 6.07) is 4.86. The van der Waals surface area contributed by atoms with Crippen LogP contribution in [0.2, 0.25) is 0 Å². The summed E-state index contributed by atoms with van der Waals surface area (Å²) in [5.74, 6) is 1.00. The molecule has 1 fully saturated rings. The summed E-state index contributed by atoms with van der Waals surface area (Å²) in [6.07, 6.45) is 3.10. The number of nitrogens with zero attached hydrogens (tertiary/aromatic N) is 3. The van der Waals surface area contributed by atoms with Gasteiger partial charge in [-0.1, -0.05) is 6.07 Å². The average molecular weight is 234 g/mol. The molecule has 1 aliphatic rings. The molecule has 17 heavy (non-hydrogen) atoms. The van der Waals surface area contributed by atoms with Crippen LogP contribution in [0.3, 0.4) is 0 Å². The lowest BCUT2D eigenvalue weighted by Crippen LogP contribution is -2.31. The van der Waals surface area contributed by atoms with Gasteiger partial charge < -0.3 is 10.2 Å². The molecular weight excluding hydrogens is 212 g/mol. The Morgan fingerprint density at radius 3 is 3.00 bits per heavy atom. The smallest absolute Gasteiger partial charge is 0.130 e. The second-order valence-electron chi connectivity index (χ2n) is 4.90. The summed E-state index contributed by atoms with van der Waals surface area (Å²) in [5.41, 5.74) is 1.29. The van der Waals surface area contributed by atoms with Crippen molar-refractivity contribution in [2.45, 2.75) is 19.0 Å². The van der Waals surface area contributed by atoms with Crippen LogP contribution >= 0.6 is 0 Å². The second-order valence-corrected chi connectivity index (χ2v) is 4.90. The van der Waals surface area contributed by atoms with Crippen molar-refractivity contribution in [1.29, 1.82) is 0 Å². The summed E-state index contributed by atoms with van der Waals surface area (Å²) < 4.78 is 0. The minimum Gasteiger partial charge on any atom is -0.373 e. The van der Waals surface area contributed by atoms with Gasteiger partial charge in [0.1, 0.15) is 5.82 Å². The highest BCUT2D eigenvalue weighted by molar-refractivity contribution is 5.42. The van der Waals surface area contributed by atoms with Crippen LogP contribution in [0.1, 0.15) is 12.0 Å². The van der Waals surface area contributed by atoms with Crippen molar-refractivity contribution in [2.75, 3.05) is 39.5 Å². The molecule has 0 aliphatic carbocycles. The van der Waals surface area contributed by atoms with Gasteiger partial charge in [-0.25, -0.2) is 4.98 Å². The lowest BCUT2D eigenvalue weighted by atomic mass is 10.2. The molecule has 1 aromatic rings. The molecule has 0 aromatic carbocycles. The largest absolute Gasteiger partial charge is 0.373 e. The number of nitrogens with one attached hydrogen (secondary N) is 1. The molecule has 4 nitrogen and oxygen atoms in total. The number of hydrogen-bond acceptors (Lipinski definition) is 4. The van der Waals surface area contributed by atoms with Gasteiger partial charge in [0.25, 0.3) is 0 Å². The maximum absolute atomic E-state index is 4.35. The van der Waals surface area contributed by atoms with Crippen molar-refractivity contribution in [3.8, 4) is 0 Å². The Hall–Kier alpha value is -1.13. The van der Waals surface area contributed by atoms with Gasteiger partial charge in [0.15, 0.2) is 0 Å². The Kier molecular flexibility index (Phi) is 3.97. The van der Waals surface area contributed by atoms with Gasteiger partial charge in [-0.2, -0.15) is 0 Å². The zero-order valence-corrected chi connectivity index (χ0v) is 11.0. The maximum Gasteiger partial charge on any atom is 0.130 e. The lowest BCUT2D eigenvalue weighted by molar-refractivity contribution is 0.265. The third-order valence-corrected chi connectivity index (χ3v) is 3.50. The minimum atomic E-state index is 0.699. The van der Waals surface area contributed by atoms with E-state index in [0.29, 0.717) is 6.04 Å². The number of aromatic nitrogens is 1. The number of likely N-dealkylation sites (N-methyl/N-ethyl adjacent to an activating group) is 1. The Balaban J connectivity index is 1.98. The highest BCUT2D eigenvalue weighted by Gasteiger charge is 2.24. The highest BCUT2D eigenvalue weighted by Crippen LogP contribution is 2.19. The molecule has 1 saturated heterocycles. The topological polar surface area (TPSA) is 31.4 Å². The van der Waals surface area contributed by atoms with E-state index in [-0.39, 0.29) is 0 Å². The van der Waals surface area contributed by atoms with Crippen molar-refractivity contribution in [3.63, 3.8) is 0 Å². The summed E-state index contributed by atoms with van der Waals surface area (Å²) in [6.45, 7) is 3.33. The molecule has 0 amide bonds. The molecule has 1 unspecified atom stereocenters. The van der Waals surface area contributed by atoms with Crippen LogP contribution in [0.5, 0.6) is 0 Å². The summed E-state index contributed by atoms with van der Waals surface area (Å²) in [7, 11) is 6.26. The molecule has 1 aliphatic heterocycles. The normalized spacial score (nSPS) is 21.1. The first-order valence-corrected chi connectivity index (χ1v) is 6.21. The molecule has 4 heteroatoms. The predicted octanol–water partition coefficient (Wildman–Crippen LogP) is 1.26. The molecule has 1 atom stereocenters. The van der Waals surface area contributed by atoms with E-state index >= 15 is 0 Å². The first kappa shape index (κ1) is 12.3. The molecule has 94 valence electrons. The monoisotopic (exact) mass is 234 g/mol. The summed E-state index contributed by atoms with van der Waals surface area (Å²) in [4.78, 5) is 9.17. The first-order valence-electron chi connectivity index (χ1n) is 6.21. The molecule has 2 heterocycles. The molecule has 1 aromatic heterocycles. The van der Waals surface area contributed by atoms with E-state index in [1.54, 1.807) is 0 Å². The minimum absolute atomic E-state index is 0.699. The van der Waals surface area contributed by atoms with E-state index in [4.69, 9.17) is 0 Å². The molecule has 0 saturated carbocycles. The van der Waals surface area contributed by atoms with Gasteiger partial charge in [-0.3, -0.25) is 4.90 Å².